The lowest BCUT2D eigenvalue weighted by molar-refractivity contribution is -0.203. The Morgan fingerprint density at radius 3 is 2.59 bits per heavy atom. The number of aromatic nitrogens is 2. The van der Waals surface area contributed by atoms with Gasteiger partial charge in [-0.3, -0.25) is 19.2 Å². The fraction of sp³-hybridized carbons (Fsp3) is 0.520. The quantitative estimate of drug-likeness (QED) is 0.564. The van der Waals surface area contributed by atoms with Gasteiger partial charge in [-0.1, -0.05) is 30.3 Å². The van der Waals surface area contributed by atoms with Gasteiger partial charge in [-0.15, -0.1) is 0 Å². The minimum Gasteiger partial charge on any atom is -0.461 e. The normalized spacial score (nSPS) is 28.2. The number of H-pyrrole nitrogens is 1. The molecule has 0 aliphatic carbocycles. The Bertz CT molecular complexity index is 1260. The zero-order valence-electron chi connectivity index (χ0n) is 20.5. The average Bonchev–Trinajstić information content (AvgIpc) is 3.56. The number of carbonyl (C=O) groups is 2. The molecule has 4 heterocycles. The summed E-state index contributed by atoms with van der Waals surface area (Å²) in [4.78, 5) is 53.0. The van der Waals surface area contributed by atoms with Crippen LogP contribution < -0.4 is 11.2 Å². The molecule has 0 unspecified atom stereocenters. The number of nitrogens with zero attached hydrogens (tertiary/aromatic N) is 2. The lowest BCUT2D eigenvalue weighted by Gasteiger charge is -2.26. The number of esters is 1. The number of nitrogens with one attached hydrogen (secondary N) is 1. The Labute approximate surface area is 212 Å². The highest BCUT2D eigenvalue weighted by molar-refractivity contribution is 5.82. The standard InChI is InChI=1S/C25H29N3O9/c1-25(2)36-19-17(35-21(20(19)37-25)28-12-10-18(29)26-23(28)31)14-33-22(30)16-9-6-11-27(16)24(32)34-13-15-7-4-3-5-8-15/h3-5,7-8,10,12,16-17,19-21H,6,9,11,13-14H2,1-2H3,(H,26,29,31)/t16-,17-,19+,20+,21-/m0/s1. The maximum absolute atomic E-state index is 13.0. The smallest absolute Gasteiger partial charge is 0.410 e. The van der Waals surface area contributed by atoms with Gasteiger partial charge in [0.25, 0.3) is 5.56 Å². The van der Waals surface area contributed by atoms with E-state index in [4.69, 9.17) is 23.7 Å². The minimum absolute atomic E-state index is 0.107. The van der Waals surface area contributed by atoms with E-state index in [1.54, 1.807) is 13.8 Å². The van der Waals surface area contributed by atoms with Gasteiger partial charge < -0.3 is 23.7 Å². The third kappa shape index (κ3) is 5.31. The maximum atomic E-state index is 13.0. The van der Waals surface area contributed by atoms with Gasteiger partial charge in [0.2, 0.25) is 0 Å². The van der Waals surface area contributed by atoms with Gasteiger partial charge in [0.1, 0.15) is 37.6 Å². The van der Waals surface area contributed by atoms with Crippen LogP contribution in [0.4, 0.5) is 4.79 Å². The number of rotatable bonds is 6. The van der Waals surface area contributed by atoms with Crippen molar-refractivity contribution in [2.24, 2.45) is 0 Å². The van der Waals surface area contributed by atoms with Crippen molar-refractivity contribution < 1.29 is 33.3 Å². The Kier molecular flexibility index (Phi) is 6.88. The summed E-state index contributed by atoms with van der Waals surface area (Å²) in [5, 5.41) is 0. The molecule has 2 aromatic rings. The van der Waals surface area contributed by atoms with Crippen molar-refractivity contribution in [2.75, 3.05) is 13.2 Å². The topological polar surface area (TPSA) is 138 Å². The van der Waals surface area contributed by atoms with Crippen molar-refractivity contribution in [3.05, 3.63) is 69.0 Å². The van der Waals surface area contributed by atoms with Gasteiger partial charge in [0, 0.05) is 18.8 Å². The zero-order chi connectivity index (χ0) is 26.2. The maximum Gasteiger partial charge on any atom is 0.410 e. The van der Waals surface area contributed by atoms with Gasteiger partial charge >= 0.3 is 17.8 Å². The zero-order valence-corrected chi connectivity index (χ0v) is 20.5. The second kappa shape index (κ2) is 10.1. The number of amides is 1. The Balaban J connectivity index is 1.22. The van der Waals surface area contributed by atoms with Gasteiger partial charge in [0.15, 0.2) is 12.0 Å². The van der Waals surface area contributed by atoms with E-state index in [2.05, 4.69) is 4.98 Å². The van der Waals surface area contributed by atoms with E-state index < -0.39 is 59.7 Å². The van der Waals surface area contributed by atoms with E-state index in [9.17, 15) is 19.2 Å². The molecule has 1 aromatic heterocycles. The van der Waals surface area contributed by atoms with Crippen LogP contribution in [0.1, 0.15) is 38.5 Å². The number of benzene rings is 1. The number of fused-ring (bicyclic) bond motifs is 1. The molecule has 198 valence electrons. The van der Waals surface area contributed by atoms with Crippen LogP contribution in [0, 0.1) is 0 Å². The highest BCUT2D eigenvalue weighted by Crippen LogP contribution is 2.42. The monoisotopic (exact) mass is 515 g/mol. The van der Waals surface area contributed by atoms with Crippen molar-refractivity contribution in [3.63, 3.8) is 0 Å². The summed E-state index contributed by atoms with van der Waals surface area (Å²) in [6.45, 7) is 3.80. The molecule has 1 aromatic carbocycles. The van der Waals surface area contributed by atoms with Crippen LogP contribution in [0.3, 0.4) is 0 Å². The predicted octanol–water partition coefficient (Wildman–Crippen LogP) is 1.30. The van der Waals surface area contributed by atoms with Crippen molar-refractivity contribution in [1.82, 2.24) is 14.5 Å². The first-order chi connectivity index (χ1) is 17.7. The third-order valence-electron chi connectivity index (χ3n) is 6.60. The predicted molar refractivity (Wildman–Crippen MR) is 126 cm³/mol. The van der Waals surface area contributed by atoms with Gasteiger partial charge in [-0.2, -0.15) is 0 Å². The van der Waals surface area contributed by atoms with Crippen molar-refractivity contribution >= 4 is 12.1 Å². The van der Waals surface area contributed by atoms with Crippen LogP contribution >= 0.6 is 0 Å². The van der Waals surface area contributed by atoms with E-state index in [-0.39, 0.29) is 13.2 Å². The number of hydrogen-bond donors (Lipinski definition) is 1. The Morgan fingerprint density at radius 1 is 1.08 bits per heavy atom. The molecule has 5 rings (SSSR count). The molecule has 0 saturated carbocycles. The van der Waals surface area contributed by atoms with Crippen molar-refractivity contribution in [2.45, 2.75) is 69.7 Å². The van der Waals surface area contributed by atoms with E-state index in [1.807, 2.05) is 30.3 Å². The van der Waals surface area contributed by atoms with Crippen LogP contribution in [-0.4, -0.2) is 69.8 Å². The number of aromatic amines is 1. The fourth-order valence-electron chi connectivity index (χ4n) is 4.94. The molecule has 3 saturated heterocycles. The second-order valence-electron chi connectivity index (χ2n) is 9.67. The van der Waals surface area contributed by atoms with Crippen LogP contribution in [0.5, 0.6) is 0 Å². The van der Waals surface area contributed by atoms with E-state index in [0.717, 1.165) is 5.56 Å². The SMILES string of the molecule is CC1(C)O[C@@H]2[C@H](O1)[C@H](COC(=O)[C@@H]1CCCN1C(=O)OCc1ccccc1)O[C@@H]2n1ccc(=O)[nH]c1=O. The number of hydrogen-bond acceptors (Lipinski definition) is 9. The van der Waals surface area contributed by atoms with E-state index in [1.165, 1.54) is 21.7 Å². The molecule has 1 N–H and O–H groups in total. The first kappa shape index (κ1) is 25.2. The summed E-state index contributed by atoms with van der Waals surface area (Å²) in [6, 6.07) is 9.72. The highest BCUT2D eigenvalue weighted by atomic mass is 16.8. The molecule has 0 bridgehead atoms. The van der Waals surface area contributed by atoms with Crippen molar-refractivity contribution in [3.8, 4) is 0 Å². The summed E-state index contributed by atoms with van der Waals surface area (Å²) in [5.41, 5.74) is -0.341. The molecule has 37 heavy (non-hydrogen) atoms. The van der Waals surface area contributed by atoms with Crippen LogP contribution in [-0.2, 0) is 35.1 Å². The molecule has 12 heteroatoms. The van der Waals surface area contributed by atoms with E-state index in [0.29, 0.717) is 19.4 Å². The lowest BCUT2D eigenvalue weighted by atomic mass is 10.1. The van der Waals surface area contributed by atoms with Crippen LogP contribution in [0.2, 0.25) is 0 Å². The number of likely N-dealkylation sites (tertiary alicyclic amines) is 1. The lowest BCUT2D eigenvalue weighted by Crippen LogP contribution is -2.43. The van der Waals surface area contributed by atoms with Gasteiger partial charge in [0.05, 0.1) is 0 Å². The second-order valence-corrected chi connectivity index (χ2v) is 9.67. The molecule has 3 fully saturated rings. The van der Waals surface area contributed by atoms with Crippen LogP contribution in [0.15, 0.2) is 52.2 Å². The first-order valence-corrected chi connectivity index (χ1v) is 12.2. The molecule has 3 aliphatic heterocycles. The van der Waals surface area contributed by atoms with Gasteiger partial charge in [-0.05, 0) is 32.3 Å². The van der Waals surface area contributed by atoms with E-state index >= 15 is 0 Å². The summed E-state index contributed by atoms with van der Waals surface area (Å²) in [5.74, 6) is -1.52. The van der Waals surface area contributed by atoms with Crippen molar-refractivity contribution in [1.29, 1.82) is 0 Å². The molecule has 12 nitrogen and oxygen atoms in total. The average molecular weight is 516 g/mol. The molecule has 1 amide bonds. The molecule has 3 aliphatic rings. The Hall–Kier alpha value is -3.48. The summed E-state index contributed by atoms with van der Waals surface area (Å²) >= 11 is 0. The number of carbonyl (C=O) groups excluding carboxylic acids is 2. The largest absolute Gasteiger partial charge is 0.461 e. The third-order valence-corrected chi connectivity index (χ3v) is 6.60. The molecule has 0 radical (unpaired) electrons. The molecule has 0 spiro atoms. The minimum atomic E-state index is -0.948. The Morgan fingerprint density at radius 2 is 1.84 bits per heavy atom. The summed E-state index contributed by atoms with van der Waals surface area (Å²) in [6.07, 6.45) is -1.07. The number of ether oxygens (including phenoxy) is 5. The molecular formula is C25H29N3O9. The summed E-state index contributed by atoms with van der Waals surface area (Å²) in [7, 11) is 0. The fourth-order valence-corrected chi connectivity index (χ4v) is 4.94. The first-order valence-electron chi connectivity index (χ1n) is 12.2. The van der Waals surface area contributed by atoms with Gasteiger partial charge in [-0.25, -0.2) is 14.4 Å². The molecule has 5 atom stereocenters. The summed E-state index contributed by atoms with van der Waals surface area (Å²) < 4.78 is 30.1. The van der Waals surface area contributed by atoms with Crippen LogP contribution in [0.25, 0.3) is 0 Å². The molecular weight excluding hydrogens is 486 g/mol. The highest BCUT2D eigenvalue weighted by Gasteiger charge is 2.56.